The van der Waals surface area contributed by atoms with E-state index in [1.54, 1.807) is 24.9 Å². The lowest BCUT2D eigenvalue weighted by Crippen LogP contribution is -2.36. The number of rotatable bonds is 7. The molecule has 3 rings (SSSR count). The van der Waals surface area contributed by atoms with Crippen LogP contribution in [0.5, 0.6) is 11.6 Å². The average molecular weight is 430 g/mol. The molecule has 0 aliphatic rings. The molecular formula is C20H20BrN3O3. The molecule has 27 heavy (non-hydrogen) atoms. The normalized spacial score (nSPS) is 11.7. The Morgan fingerprint density at radius 1 is 1.19 bits per heavy atom. The van der Waals surface area contributed by atoms with Crippen LogP contribution in [-0.4, -0.2) is 28.9 Å². The fourth-order valence-electron chi connectivity index (χ4n) is 2.43. The van der Waals surface area contributed by atoms with Gasteiger partial charge in [0.05, 0.1) is 17.3 Å². The van der Waals surface area contributed by atoms with Gasteiger partial charge in [-0.2, -0.15) is 0 Å². The van der Waals surface area contributed by atoms with Gasteiger partial charge in [0.15, 0.2) is 6.10 Å². The van der Waals surface area contributed by atoms with Gasteiger partial charge >= 0.3 is 0 Å². The summed E-state index contributed by atoms with van der Waals surface area (Å²) < 4.78 is 13.2. The number of carbonyl (C=O) groups excluding carboxylic acids is 1. The van der Waals surface area contributed by atoms with Crippen LogP contribution < -0.4 is 14.8 Å². The molecular weight excluding hydrogens is 410 g/mol. The first-order valence-corrected chi connectivity index (χ1v) is 9.24. The number of methoxy groups -OCH3 is 1. The van der Waals surface area contributed by atoms with Crippen molar-refractivity contribution in [3.8, 4) is 17.3 Å². The number of hydrogen-bond acceptors (Lipinski definition) is 4. The van der Waals surface area contributed by atoms with Gasteiger partial charge in [-0.15, -0.1) is 5.10 Å². The van der Waals surface area contributed by atoms with Crippen molar-refractivity contribution in [3.63, 3.8) is 0 Å². The van der Waals surface area contributed by atoms with Gasteiger partial charge in [-0.05, 0) is 52.7 Å². The predicted octanol–water partition coefficient (Wildman–Crippen LogP) is 3.73. The monoisotopic (exact) mass is 429 g/mol. The summed E-state index contributed by atoms with van der Waals surface area (Å²) in [5.74, 6) is 0.929. The summed E-state index contributed by atoms with van der Waals surface area (Å²) in [6.07, 6.45) is 1.12. The second-order valence-corrected chi connectivity index (χ2v) is 6.74. The predicted molar refractivity (Wildman–Crippen MR) is 106 cm³/mol. The summed E-state index contributed by atoms with van der Waals surface area (Å²) in [6, 6.07) is 17.2. The van der Waals surface area contributed by atoms with Crippen LogP contribution in [0.15, 0.2) is 65.3 Å². The van der Waals surface area contributed by atoms with Crippen molar-refractivity contribution in [2.75, 3.05) is 7.11 Å². The van der Waals surface area contributed by atoms with Crippen molar-refractivity contribution < 1.29 is 14.3 Å². The first kappa shape index (κ1) is 19.0. The van der Waals surface area contributed by atoms with Gasteiger partial charge in [0.2, 0.25) is 5.88 Å². The molecule has 7 heteroatoms. The molecule has 2 aromatic carbocycles. The fourth-order valence-corrected chi connectivity index (χ4v) is 2.79. The zero-order valence-electron chi connectivity index (χ0n) is 15.1. The highest BCUT2D eigenvalue weighted by Crippen LogP contribution is 2.25. The third-order valence-electron chi connectivity index (χ3n) is 3.94. The number of para-hydroxylation sites is 1. The van der Waals surface area contributed by atoms with Crippen molar-refractivity contribution in [1.29, 1.82) is 0 Å². The van der Waals surface area contributed by atoms with E-state index in [1.165, 1.54) is 0 Å². The third-order valence-corrected chi connectivity index (χ3v) is 4.49. The van der Waals surface area contributed by atoms with Crippen molar-refractivity contribution in [2.24, 2.45) is 0 Å². The Morgan fingerprint density at radius 2 is 1.89 bits per heavy atom. The van der Waals surface area contributed by atoms with Gasteiger partial charge in [0, 0.05) is 12.7 Å². The second kappa shape index (κ2) is 8.73. The number of aromatic nitrogens is 2. The molecule has 0 aliphatic carbocycles. The van der Waals surface area contributed by atoms with E-state index in [0.717, 1.165) is 17.0 Å². The van der Waals surface area contributed by atoms with Crippen molar-refractivity contribution >= 4 is 21.8 Å². The average Bonchev–Trinajstić information content (AvgIpc) is 3.07. The largest absolute Gasteiger partial charge is 0.497 e. The standard InChI is InChI=1S/C20H20BrN3O3/c1-14(19(25)22-12-15-8-10-17(26-2)11-9-15)27-20-18(21)13-24(23-20)16-6-4-3-5-7-16/h3-11,13-14H,12H2,1-2H3,(H,22,25). The van der Waals surface area contributed by atoms with Crippen LogP contribution in [0.2, 0.25) is 0 Å². The SMILES string of the molecule is COc1ccc(CNC(=O)C(C)Oc2nn(-c3ccccc3)cc2Br)cc1. The van der Waals surface area contributed by atoms with Crippen molar-refractivity contribution in [2.45, 2.75) is 19.6 Å². The zero-order valence-corrected chi connectivity index (χ0v) is 16.6. The molecule has 6 nitrogen and oxygen atoms in total. The van der Waals surface area contributed by atoms with Crippen LogP contribution in [0.4, 0.5) is 0 Å². The number of nitrogens with one attached hydrogen (secondary N) is 1. The van der Waals surface area contributed by atoms with Gasteiger partial charge in [-0.3, -0.25) is 4.79 Å². The Hall–Kier alpha value is -2.80. The van der Waals surface area contributed by atoms with Crippen LogP contribution in [0, 0.1) is 0 Å². The van der Waals surface area contributed by atoms with Crippen molar-refractivity contribution in [1.82, 2.24) is 15.1 Å². The van der Waals surface area contributed by atoms with Crippen LogP contribution in [0.1, 0.15) is 12.5 Å². The van der Waals surface area contributed by atoms with Crippen LogP contribution in [0.3, 0.4) is 0 Å². The zero-order chi connectivity index (χ0) is 19.2. The first-order chi connectivity index (χ1) is 13.1. The number of ether oxygens (including phenoxy) is 2. The molecule has 3 aromatic rings. The van der Waals surface area contributed by atoms with Crippen LogP contribution in [-0.2, 0) is 11.3 Å². The first-order valence-electron chi connectivity index (χ1n) is 8.44. The van der Waals surface area contributed by atoms with Gasteiger partial charge < -0.3 is 14.8 Å². The Labute approximate surface area is 166 Å². The Kier molecular flexibility index (Phi) is 6.13. The van der Waals surface area contributed by atoms with E-state index < -0.39 is 6.10 Å². The number of benzene rings is 2. The summed E-state index contributed by atoms with van der Waals surface area (Å²) in [7, 11) is 1.62. The number of nitrogens with zero attached hydrogens (tertiary/aromatic N) is 2. The van der Waals surface area contributed by atoms with Gasteiger partial charge in [0.25, 0.3) is 5.91 Å². The maximum atomic E-state index is 12.3. The van der Waals surface area contributed by atoms with Crippen LogP contribution >= 0.6 is 15.9 Å². The molecule has 1 aromatic heterocycles. The number of hydrogen-bond donors (Lipinski definition) is 1. The molecule has 0 saturated heterocycles. The second-order valence-electron chi connectivity index (χ2n) is 5.89. The Bertz CT molecular complexity index is 895. The van der Waals surface area contributed by atoms with Crippen molar-refractivity contribution in [3.05, 3.63) is 70.8 Å². The molecule has 0 bridgehead atoms. The molecule has 0 aliphatic heterocycles. The van der Waals surface area contributed by atoms with Crippen LogP contribution in [0.25, 0.3) is 5.69 Å². The van der Waals surface area contributed by atoms with E-state index in [-0.39, 0.29) is 5.91 Å². The maximum Gasteiger partial charge on any atom is 0.261 e. The van der Waals surface area contributed by atoms with Gasteiger partial charge in [-0.1, -0.05) is 30.3 Å². The molecule has 1 atom stereocenters. The summed E-state index contributed by atoms with van der Waals surface area (Å²) in [6.45, 7) is 2.10. The molecule has 140 valence electrons. The highest BCUT2D eigenvalue weighted by atomic mass is 79.9. The molecule has 1 unspecified atom stereocenters. The quantitative estimate of drug-likeness (QED) is 0.621. The van der Waals surface area contributed by atoms with E-state index in [2.05, 4.69) is 26.3 Å². The molecule has 0 fully saturated rings. The Morgan fingerprint density at radius 3 is 2.56 bits per heavy atom. The third kappa shape index (κ3) is 4.89. The number of carbonyl (C=O) groups is 1. The summed E-state index contributed by atoms with van der Waals surface area (Å²) >= 11 is 3.43. The van der Waals surface area contributed by atoms with Gasteiger partial charge in [-0.25, -0.2) is 4.68 Å². The maximum absolute atomic E-state index is 12.3. The molecule has 1 N–H and O–H groups in total. The topological polar surface area (TPSA) is 65.4 Å². The molecule has 0 radical (unpaired) electrons. The molecule has 1 heterocycles. The minimum Gasteiger partial charge on any atom is -0.497 e. The highest BCUT2D eigenvalue weighted by molar-refractivity contribution is 9.10. The van der Waals surface area contributed by atoms with Gasteiger partial charge in [0.1, 0.15) is 5.75 Å². The number of amides is 1. The molecule has 1 amide bonds. The lowest BCUT2D eigenvalue weighted by atomic mass is 10.2. The van der Waals surface area contributed by atoms with E-state index in [1.807, 2.05) is 54.6 Å². The van der Waals surface area contributed by atoms with E-state index in [0.29, 0.717) is 16.9 Å². The fraction of sp³-hybridized carbons (Fsp3) is 0.200. The summed E-state index contributed by atoms with van der Waals surface area (Å²) in [5, 5.41) is 7.25. The lowest BCUT2D eigenvalue weighted by molar-refractivity contribution is -0.127. The lowest BCUT2D eigenvalue weighted by Gasteiger charge is -2.13. The highest BCUT2D eigenvalue weighted by Gasteiger charge is 2.18. The Balaban J connectivity index is 1.58. The smallest absolute Gasteiger partial charge is 0.261 e. The van der Waals surface area contributed by atoms with E-state index in [4.69, 9.17) is 9.47 Å². The molecule has 0 saturated carbocycles. The minimum absolute atomic E-state index is 0.216. The summed E-state index contributed by atoms with van der Waals surface area (Å²) in [4.78, 5) is 12.3. The van der Waals surface area contributed by atoms with E-state index >= 15 is 0 Å². The minimum atomic E-state index is -0.682. The van der Waals surface area contributed by atoms with E-state index in [9.17, 15) is 4.79 Å². The summed E-state index contributed by atoms with van der Waals surface area (Å²) in [5.41, 5.74) is 1.88. The number of halogens is 1. The molecule has 0 spiro atoms.